The maximum atomic E-state index is 4.54. The third kappa shape index (κ3) is 3.29. The quantitative estimate of drug-likeness (QED) is 0.844. The van der Waals surface area contributed by atoms with E-state index in [-0.39, 0.29) is 0 Å². The summed E-state index contributed by atoms with van der Waals surface area (Å²) in [6, 6.07) is 0. The average Bonchev–Trinajstić information content (AvgIpc) is 3.03. The number of fused-ring (bicyclic) bond motifs is 1. The molecule has 0 aliphatic carbocycles. The summed E-state index contributed by atoms with van der Waals surface area (Å²) in [5, 5.41) is 9.04. The van der Waals surface area contributed by atoms with Gasteiger partial charge in [0.05, 0.1) is 0 Å². The molecule has 0 bridgehead atoms. The molecule has 1 unspecified atom stereocenters. The molecule has 0 saturated carbocycles. The zero-order chi connectivity index (χ0) is 14.8. The van der Waals surface area contributed by atoms with Gasteiger partial charge in [-0.1, -0.05) is 20.8 Å². The van der Waals surface area contributed by atoms with Crippen molar-refractivity contribution in [2.45, 2.75) is 46.1 Å². The normalized spacial score (nSPS) is 24.5. The summed E-state index contributed by atoms with van der Waals surface area (Å²) in [4.78, 5) is 5.10. The van der Waals surface area contributed by atoms with Crippen LogP contribution in [0.1, 0.15) is 44.8 Å². The molecule has 21 heavy (non-hydrogen) atoms. The van der Waals surface area contributed by atoms with Crippen molar-refractivity contribution in [2.24, 2.45) is 5.92 Å². The molecule has 118 valence electrons. The number of hydrogen-bond acceptors (Lipinski definition) is 4. The standard InChI is InChI=1S/C16H29N5/c1-4-19-7-5-14(12-19)16-18-17-15-6-8-20(11-13(2)3)9-10-21(15)16/h13-14H,4-12H2,1-3H3. The lowest BCUT2D eigenvalue weighted by Gasteiger charge is -2.21. The predicted octanol–water partition coefficient (Wildman–Crippen LogP) is 1.60. The molecule has 3 rings (SSSR count). The van der Waals surface area contributed by atoms with Gasteiger partial charge in [-0.25, -0.2) is 0 Å². The van der Waals surface area contributed by atoms with Crippen molar-refractivity contribution in [3.8, 4) is 0 Å². The van der Waals surface area contributed by atoms with Crippen molar-refractivity contribution in [2.75, 3.05) is 39.3 Å². The Bertz CT molecular complexity index is 467. The van der Waals surface area contributed by atoms with Crippen molar-refractivity contribution in [1.29, 1.82) is 0 Å². The molecule has 0 aromatic carbocycles. The van der Waals surface area contributed by atoms with Crippen LogP contribution in [0.2, 0.25) is 0 Å². The minimum absolute atomic E-state index is 0.586. The van der Waals surface area contributed by atoms with Crippen LogP contribution in [-0.4, -0.2) is 63.8 Å². The van der Waals surface area contributed by atoms with Crippen molar-refractivity contribution < 1.29 is 0 Å². The molecular formula is C16H29N5. The molecule has 0 N–H and O–H groups in total. The van der Waals surface area contributed by atoms with E-state index in [1.807, 2.05) is 0 Å². The van der Waals surface area contributed by atoms with E-state index in [1.165, 1.54) is 31.2 Å². The summed E-state index contributed by atoms with van der Waals surface area (Å²) >= 11 is 0. The van der Waals surface area contributed by atoms with Crippen LogP contribution in [0.5, 0.6) is 0 Å². The largest absolute Gasteiger partial charge is 0.313 e. The lowest BCUT2D eigenvalue weighted by atomic mass is 10.1. The van der Waals surface area contributed by atoms with Gasteiger partial charge in [0.2, 0.25) is 0 Å². The van der Waals surface area contributed by atoms with E-state index in [0.717, 1.165) is 45.1 Å². The highest BCUT2D eigenvalue weighted by Crippen LogP contribution is 2.27. The van der Waals surface area contributed by atoms with Gasteiger partial charge < -0.3 is 14.4 Å². The van der Waals surface area contributed by atoms with Gasteiger partial charge in [0, 0.05) is 45.1 Å². The van der Waals surface area contributed by atoms with E-state index in [4.69, 9.17) is 0 Å². The predicted molar refractivity (Wildman–Crippen MR) is 84.5 cm³/mol. The summed E-state index contributed by atoms with van der Waals surface area (Å²) in [5.41, 5.74) is 0. The van der Waals surface area contributed by atoms with E-state index in [2.05, 4.69) is 45.3 Å². The first-order chi connectivity index (χ1) is 10.2. The zero-order valence-electron chi connectivity index (χ0n) is 13.8. The molecule has 2 aliphatic heterocycles. The molecule has 1 aromatic heterocycles. The van der Waals surface area contributed by atoms with E-state index >= 15 is 0 Å². The fourth-order valence-electron chi connectivity index (χ4n) is 3.72. The maximum Gasteiger partial charge on any atom is 0.137 e. The van der Waals surface area contributed by atoms with Crippen LogP contribution in [-0.2, 0) is 13.0 Å². The van der Waals surface area contributed by atoms with Gasteiger partial charge in [-0.05, 0) is 25.4 Å². The number of likely N-dealkylation sites (tertiary alicyclic amines) is 1. The number of rotatable bonds is 4. The van der Waals surface area contributed by atoms with Gasteiger partial charge >= 0.3 is 0 Å². The molecule has 0 amide bonds. The number of nitrogens with zero attached hydrogens (tertiary/aromatic N) is 5. The van der Waals surface area contributed by atoms with Gasteiger partial charge in [-0.2, -0.15) is 0 Å². The van der Waals surface area contributed by atoms with E-state index in [9.17, 15) is 0 Å². The van der Waals surface area contributed by atoms with Gasteiger partial charge in [-0.3, -0.25) is 0 Å². The van der Waals surface area contributed by atoms with Crippen molar-refractivity contribution in [3.63, 3.8) is 0 Å². The maximum absolute atomic E-state index is 4.54. The van der Waals surface area contributed by atoms with Crippen LogP contribution in [0.15, 0.2) is 0 Å². The van der Waals surface area contributed by atoms with Crippen LogP contribution < -0.4 is 0 Å². The SMILES string of the molecule is CCN1CCC(c2nnc3n2CCN(CC(C)C)CC3)C1. The monoisotopic (exact) mass is 291 g/mol. The first-order valence-electron chi connectivity index (χ1n) is 8.54. The Morgan fingerprint density at radius 2 is 1.95 bits per heavy atom. The summed E-state index contributed by atoms with van der Waals surface area (Å²) in [6.45, 7) is 14.9. The Balaban J connectivity index is 1.70. The fourth-order valence-corrected chi connectivity index (χ4v) is 3.72. The first kappa shape index (κ1) is 15.0. The zero-order valence-corrected chi connectivity index (χ0v) is 13.8. The molecule has 2 aliphatic rings. The third-order valence-electron chi connectivity index (χ3n) is 4.86. The molecule has 0 spiro atoms. The van der Waals surface area contributed by atoms with Gasteiger partial charge in [-0.15, -0.1) is 10.2 Å². The highest BCUT2D eigenvalue weighted by molar-refractivity contribution is 5.07. The molecule has 3 heterocycles. The number of aromatic nitrogens is 3. The lowest BCUT2D eigenvalue weighted by Crippen LogP contribution is -2.31. The van der Waals surface area contributed by atoms with Crippen molar-refractivity contribution in [1.82, 2.24) is 24.6 Å². The molecule has 1 aromatic rings. The van der Waals surface area contributed by atoms with Crippen molar-refractivity contribution >= 4 is 0 Å². The van der Waals surface area contributed by atoms with Crippen LogP contribution in [0.3, 0.4) is 0 Å². The van der Waals surface area contributed by atoms with Gasteiger partial charge in [0.1, 0.15) is 11.6 Å². The Morgan fingerprint density at radius 3 is 2.67 bits per heavy atom. The summed E-state index contributed by atoms with van der Waals surface area (Å²) < 4.78 is 2.42. The van der Waals surface area contributed by atoms with Crippen LogP contribution in [0.4, 0.5) is 0 Å². The minimum Gasteiger partial charge on any atom is -0.313 e. The second kappa shape index (κ2) is 6.44. The highest BCUT2D eigenvalue weighted by atomic mass is 15.3. The number of likely N-dealkylation sites (N-methyl/N-ethyl adjacent to an activating group) is 1. The molecule has 5 nitrogen and oxygen atoms in total. The highest BCUT2D eigenvalue weighted by Gasteiger charge is 2.29. The molecule has 5 heteroatoms. The lowest BCUT2D eigenvalue weighted by molar-refractivity contribution is 0.248. The van der Waals surface area contributed by atoms with Crippen LogP contribution >= 0.6 is 0 Å². The van der Waals surface area contributed by atoms with Gasteiger partial charge in [0.15, 0.2) is 0 Å². The summed E-state index contributed by atoms with van der Waals surface area (Å²) in [6.07, 6.45) is 2.28. The summed E-state index contributed by atoms with van der Waals surface area (Å²) in [7, 11) is 0. The fraction of sp³-hybridized carbons (Fsp3) is 0.875. The van der Waals surface area contributed by atoms with E-state index < -0.39 is 0 Å². The summed E-state index contributed by atoms with van der Waals surface area (Å²) in [5.74, 6) is 3.77. The Morgan fingerprint density at radius 1 is 1.10 bits per heavy atom. The second-order valence-electron chi connectivity index (χ2n) is 6.95. The van der Waals surface area contributed by atoms with Crippen LogP contribution in [0, 0.1) is 5.92 Å². The third-order valence-corrected chi connectivity index (χ3v) is 4.86. The van der Waals surface area contributed by atoms with Crippen molar-refractivity contribution in [3.05, 3.63) is 11.6 Å². The Kier molecular flexibility index (Phi) is 4.60. The van der Waals surface area contributed by atoms with E-state index in [1.54, 1.807) is 0 Å². The first-order valence-corrected chi connectivity index (χ1v) is 8.54. The average molecular weight is 291 g/mol. The molecule has 1 saturated heterocycles. The second-order valence-corrected chi connectivity index (χ2v) is 6.95. The van der Waals surface area contributed by atoms with Crippen LogP contribution in [0.25, 0.3) is 0 Å². The smallest absolute Gasteiger partial charge is 0.137 e. The molecule has 1 atom stereocenters. The van der Waals surface area contributed by atoms with E-state index in [0.29, 0.717) is 5.92 Å². The van der Waals surface area contributed by atoms with Gasteiger partial charge in [0.25, 0.3) is 0 Å². The minimum atomic E-state index is 0.586. The molecule has 0 radical (unpaired) electrons. The Labute approximate surface area is 128 Å². The number of hydrogen-bond donors (Lipinski definition) is 0. The Hall–Kier alpha value is -0.940. The molecule has 1 fully saturated rings. The molecular weight excluding hydrogens is 262 g/mol. The topological polar surface area (TPSA) is 37.2 Å².